The number of anilines is 1. The van der Waals surface area contributed by atoms with E-state index in [1.165, 1.54) is 12.1 Å². The van der Waals surface area contributed by atoms with Crippen LogP contribution >= 0.6 is 15.9 Å². The number of fused-ring (bicyclic) bond motifs is 1. The van der Waals surface area contributed by atoms with Gasteiger partial charge in [-0.1, -0.05) is 18.2 Å². The summed E-state index contributed by atoms with van der Waals surface area (Å²) < 4.78 is 41.1. The number of halogens is 4. The average Bonchev–Trinajstić information content (AvgIpc) is 2.56. The van der Waals surface area contributed by atoms with Crippen molar-refractivity contribution in [1.82, 2.24) is 15.0 Å². The SMILES string of the molecule is Cc1nc(NC(C)c2cccc(C(F)F)c2F)c2cc(Br)c(C)nc2n1. The van der Waals surface area contributed by atoms with E-state index in [0.29, 0.717) is 22.7 Å². The lowest BCUT2D eigenvalue weighted by Gasteiger charge is -2.18. The summed E-state index contributed by atoms with van der Waals surface area (Å²) in [5.74, 6) is 0.0611. The summed E-state index contributed by atoms with van der Waals surface area (Å²) in [7, 11) is 0. The van der Waals surface area contributed by atoms with Crippen LogP contribution in [0.2, 0.25) is 0 Å². The first-order valence-electron chi connectivity index (χ1n) is 7.92. The maximum Gasteiger partial charge on any atom is 0.266 e. The molecule has 1 unspecified atom stereocenters. The molecule has 0 aliphatic heterocycles. The summed E-state index contributed by atoms with van der Waals surface area (Å²) in [5.41, 5.74) is 0.825. The van der Waals surface area contributed by atoms with Crippen LogP contribution in [0.1, 0.15) is 42.0 Å². The number of hydrogen-bond donors (Lipinski definition) is 1. The van der Waals surface area contributed by atoms with Gasteiger partial charge in [-0.2, -0.15) is 0 Å². The molecule has 3 aromatic rings. The summed E-state index contributed by atoms with van der Waals surface area (Å²) in [6, 6.07) is 5.24. The van der Waals surface area contributed by atoms with Gasteiger partial charge < -0.3 is 5.32 Å². The molecular weight excluding hydrogens is 409 g/mol. The van der Waals surface area contributed by atoms with Crippen molar-refractivity contribution >= 4 is 32.8 Å². The van der Waals surface area contributed by atoms with Crippen LogP contribution in [0.15, 0.2) is 28.7 Å². The van der Waals surface area contributed by atoms with Crippen LogP contribution in [0.3, 0.4) is 0 Å². The summed E-state index contributed by atoms with van der Waals surface area (Å²) >= 11 is 3.43. The molecule has 3 rings (SSSR count). The Kier molecular flexibility index (Phi) is 5.13. The molecule has 0 bridgehead atoms. The van der Waals surface area contributed by atoms with Gasteiger partial charge in [-0.15, -0.1) is 0 Å². The Balaban J connectivity index is 2.04. The monoisotopic (exact) mass is 424 g/mol. The maximum atomic E-state index is 14.4. The Hall–Kier alpha value is -2.22. The molecule has 1 aromatic carbocycles. The minimum atomic E-state index is -2.87. The van der Waals surface area contributed by atoms with E-state index < -0.39 is 23.8 Å². The van der Waals surface area contributed by atoms with Crippen LogP contribution in [-0.2, 0) is 0 Å². The Labute approximate surface area is 157 Å². The number of alkyl halides is 2. The molecule has 136 valence electrons. The van der Waals surface area contributed by atoms with Crippen molar-refractivity contribution in [3.63, 3.8) is 0 Å². The molecule has 2 aromatic heterocycles. The molecule has 2 heterocycles. The number of benzene rings is 1. The second-order valence-corrected chi connectivity index (χ2v) is 6.82. The lowest BCUT2D eigenvalue weighted by molar-refractivity contribution is 0.146. The van der Waals surface area contributed by atoms with Crippen molar-refractivity contribution in [3.8, 4) is 0 Å². The molecule has 0 fully saturated rings. The molecule has 0 aliphatic carbocycles. The van der Waals surface area contributed by atoms with Crippen molar-refractivity contribution < 1.29 is 13.2 Å². The number of hydrogen-bond acceptors (Lipinski definition) is 4. The molecule has 4 nitrogen and oxygen atoms in total. The summed E-state index contributed by atoms with van der Waals surface area (Å²) in [4.78, 5) is 13.1. The quantitative estimate of drug-likeness (QED) is 0.587. The van der Waals surface area contributed by atoms with Gasteiger partial charge >= 0.3 is 0 Å². The van der Waals surface area contributed by atoms with Gasteiger partial charge in [-0.3, -0.25) is 0 Å². The minimum absolute atomic E-state index is 0.145. The molecule has 1 atom stereocenters. The zero-order chi connectivity index (χ0) is 19.0. The zero-order valence-corrected chi connectivity index (χ0v) is 15.9. The van der Waals surface area contributed by atoms with E-state index in [1.807, 2.05) is 13.0 Å². The largest absolute Gasteiger partial charge is 0.363 e. The first kappa shape index (κ1) is 18.6. The second-order valence-electron chi connectivity index (χ2n) is 5.96. The molecule has 0 saturated heterocycles. The summed E-state index contributed by atoms with van der Waals surface area (Å²) in [6.07, 6.45) is -2.87. The summed E-state index contributed by atoms with van der Waals surface area (Å²) in [5, 5.41) is 3.76. The molecule has 0 spiro atoms. The Bertz CT molecular complexity index is 978. The fraction of sp³-hybridized carbons (Fsp3) is 0.278. The molecule has 8 heteroatoms. The van der Waals surface area contributed by atoms with E-state index in [-0.39, 0.29) is 5.56 Å². The van der Waals surface area contributed by atoms with Gasteiger partial charge in [0, 0.05) is 10.0 Å². The zero-order valence-electron chi connectivity index (χ0n) is 14.3. The van der Waals surface area contributed by atoms with Crippen molar-refractivity contribution in [1.29, 1.82) is 0 Å². The molecule has 0 amide bonds. The number of aryl methyl sites for hydroxylation is 2. The molecule has 0 aliphatic rings. The van der Waals surface area contributed by atoms with E-state index in [2.05, 4.69) is 36.2 Å². The van der Waals surface area contributed by atoms with Gasteiger partial charge in [0.25, 0.3) is 6.43 Å². The summed E-state index contributed by atoms with van der Waals surface area (Å²) in [6.45, 7) is 5.27. The van der Waals surface area contributed by atoms with Crippen LogP contribution in [0.25, 0.3) is 11.0 Å². The topological polar surface area (TPSA) is 50.7 Å². The van der Waals surface area contributed by atoms with Crippen molar-refractivity contribution in [2.45, 2.75) is 33.2 Å². The highest BCUT2D eigenvalue weighted by atomic mass is 79.9. The average molecular weight is 425 g/mol. The van der Waals surface area contributed by atoms with E-state index in [9.17, 15) is 13.2 Å². The highest BCUT2D eigenvalue weighted by molar-refractivity contribution is 9.10. The van der Waals surface area contributed by atoms with E-state index in [1.54, 1.807) is 13.8 Å². The van der Waals surface area contributed by atoms with Crippen LogP contribution in [0.4, 0.5) is 19.0 Å². The predicted molar refractivity (Wildman–Crippen MR) is 97.9 cm³/mol. The van der Waals surface area contributed by atoms with Crippen molar-refractivity contribution in [2.24, 2.45) is 0 Å². The first-order valence-corrected chi connectivity index (χ1v) is 8.71. The number of pyridine rings is 1. The molecule has 0 saturated carbocycles. The van der Waals surface area contributed by atoms with Crippen LogP contribution < -0.4 is 5.32 Å². The molecule has 0 radical (unpaired) electrons. The van der Waals surface area contributed by atoms with Gasteiger partial charge in [-0.25, -0.2) is 28.1 Å². The van der Waals surface area contributed by atoms with E-state index in [0.717, 1.165) is 16.2 Å². The smallest absolute Gasteiger partial charge is 0.266 e. The Morgan fingerprint density at radius 2 is 1.77 bits per heavy atom. The minimum Gasteiger partial charge on any atom is -0.363 e. The maximum absolute atomic E-state index is 14.4. The van der Waals surface area contributed by atoms with Crippen molar-refractivity contribution in [2.75, 3.05) is 5.32 Å². The third-order valence-corrected chi connectivity index (χ3v) is 4.84. The highest BCUT2D eigenvalue weighted by Gasteiger charge is 2.20. The van der Waals surface area contributed by atoms with Gasteiger partial charge in [0.15, 0.2) is 5.65 Å². The van der Waals surface area contributed by atoms with Gasteiger partial charge in [0.05, 0.1) is 22.7 Å². The van der Waals surface area contributed by atoms with Gasteiger partial charge in [-0.05, 0) is 42.8 Å². The van der Waals surface area contributed by atoms with Crippen molar-refractivity contribution in [3.05, 3.63) is 57.2 Å². The van der Waals surface area contributed by atoms with Gasteiger partial charge in [0.1, 0.15) is 17.5 Å². The van der Waals surface area contributed by atoms with Crippen LogP contribution in [-0.4, -0.2) is 15.0 Å². The predicted octanol–water partition coefficient (Wildman–Crippen LogP) is 5.65. The number of aromatic nitrogens is 3. The van der Waals surface area contributed by atoms with Gasteiger partial charge in [0.2, 0.25) is 0 Å². The third kappa shape index (κ3) is 3.51. The standard InChI is InChI=1S/C18H16BrF3N4/c1-8(11-5-4-6-12(15(11)20)16(21)22)23-17-13-7-14(19)9(2)24-18(13)26-10(3)25-17/h4-8,16H,1-3H3,(H,23,24,25,26). The lowest BCUT2D eigenvalue weighted by atomic mass is 10.0. The number of nitrogens with zero attached hydrogens (tertiary/aromatic N) is 3. The van der Waals surface area contributed by atoms with Crippen LogP contribution in [0.5, 0.6) is 0 Å². The fourth-order valence-corrected chi connectivity index (χ4v) is 3.01. The van der Waals surface area contributed by atoms with Crippen LogP contribution in [0, 0.1) is 19.7 Å². The molecule has 1 N–H and O–H groups in total. The number of nitrogens with one attached hydrogen (secondary N) is 1. The number of rotatable bonds is 4. The second kappa shape index (κ2) is 7.19. The molecular formula is C18H16BrF3N4. The highest BCUT2D eigenvalue weighted by Crippen LogP contribution is 2.31. The molecule has 26 heavy (non-hydrogen) atoms. The third-order valence-electron chi connectivity index (χ3n) is 4.04. The fourth-order valence-electron chi connectivity index (χ4n) is 2.69. The van der Waals surface area contributed by atoms with E-state index in [4.69, 9.17) is 0 Å². The Morgan fingerprint density at radius 3 is 2.46 bits per heavy atom. The first-order chi connectivity index (χ1) is 12.3. The van der Waals surface area contributed by atoms with E-state index >= 15 is 0 Å². The normalized spacial score (nSPS) is 12.6. The Morgan fingerprint density at radius 1 is 1.08 bits per heavy atom. The lowest BCUT2D eigenvalue weighted by Crippen LogP contribution is -2.12.